The molecule has 1 aromatic rings. The van der Waals surface area contributed by atoms with Crippen LogP contribution in [0.2, 0.25) is 0 Å². The van der Waals surface area contributed by atoms with Crippen molar-refractivity contribution in [2.75, 3.05) is 57.3 Å². The molecule has 214 valence electrons. The summed E-state index contributed by atoms with van der Waals surface area (Å²) in [6.07, 6.45) is -0.880. The van der Waals surface area contributed by atoms with Crippen LogP contribution in [0, 0.1) is 5.41 Å². The maximum Gasteiger partial charge on any atom is 0.414 e. The number of nitrogens with zero attached hydrogens (tertiary/aromatic N) is 3. The fourth-order valence-electron chi connectivity index (χ4n) is 4.33. The van der Waals surface area contributed by atoms with Crippen LogP contribution >= 0.6 is 0 Å². The summed E-state index contributed by atoms with van der Waals surface area (Å²) in [5, 5.41) is 12.8. The van der Waals surface area contributed by atoms with Gasteiger partial charge in [0.15, 0.2) is 0 Å². The number of ether oxygens (including phenoxy) is 3. The minimum atomic E-state index is -0.700. The molecule has 2 aliphatic heterocycles. The highest BCUT2D eigenvalue weighted by molar-refractivity contribution is 6.06. The number of cyclic esters (lactones) is 1. The van der Waals surface area contributed by atoms with Gasteiger partial charge in [-0.25, -0.2) is 9.59 Å². The highest BCUT2D eigenvalue weighted by Crippen LogP contribution is 2.23. The molecule has 39 heavy (non-hydrogen) atoms. The second-order valence-corrected chi connectivity index (χ2v) is 9.65. The summed E-state index contributed by atoms with van der Waals surface area (Å²) in [5.74, 6) is -0.941. The van der Waals surface area contributed by atoms with Crippen molar-refractivity contribution in [2.24, 2.45) is 0 Å². The van der Waals surface area contributed by atoms with E-state index in [1.807, 2.05) is 20.8 Å². The number of piperazine rings is 1. The number of nitrogens with one attached hydrogen (secondary N) is 3. The molecule has 2 fully saturated rings. The highest BCUT2D eigenvalue weighted by atomic mass is 16.6. The maximum absolute atomic E-state index is 12.5. The molecule has 0 saturated carbocycles. The summed E-state index contributed by atoms with van der Waals surface area (Å²) < 4.78 is 15.7. The lowest BCUT2D eigenvalue weighted by molar-refractivity contribution is -0.154. The second kappa shape index (κ2) is 13.9. The normalized spacial score (nSPS) is 18.8. The van der Waals surface area contributed by atoms with Crippen molar-refractivity contribution in [3.63, 3.8) is 0 Å². The molecule has 3 N–H and O–H groups in total. The molecule has 13 nitrogen and oxygen atoms in total. The van der Waals surface area contributed by atoms with E-state index in [2.05, 4.69) is 20.4 Å². The van der Waals surface area contributed by atoms with Crippen LogP contribution < -0.4 is 15.5 Å². The lowest BCUT2D eigenvalue weighted by atomic mass is 10.1. The van der Waals surface area contributed by atoms with Gasteiger partial charge in [-0.1, -0.05) is 0 Å². The first-order chi connectivity index (χ1) is 18.6. The van der Waals surface area contributed by atoms with Gasteiger partial charge in [-0.15, -0.1) is 0 Å². The monoisotopic (exact) mass is 546 g/mol. The van der Waals surface area contributed by atoms with E-state index in [-0.39, 0.29) is 43.2 Å². The molecular formula is C26H38N6O7. The van der Waals surface area contributed by atoms with Gasteiger partial charge in [0.1, 0.15) is 24.5 Å². The number of carbonyl (C=O) groups excluding carboxylic acids is 4. The number of anilines is 1. The SMILES string of the molecule is CCOC(=O)CNC(=O)NC(=N)c1ccc(N2CC(CN3CCN(C(C)C(=O)OC(C)C)CC3)OC2=O)cc1. The molecule has 3 rings (SSSR count). The summed E-state index contributed by atoms with van der Waals surface area (Å²) in [5.41, 5.74) is 1.05. The molecule has 0 bridgehead atoms. The zero-order valence-electron chi connectivity index (χ0n) is 22.9. The van der Waals surface area contributed by atoms with Crippen LogP contribution in [0.25, 0.3) is 0 Å². The highest BCUT2D eigenvalue weighted by Gasteiger charge is 2.35. The first-order valence-corrected chi connectivity index (χ1v) is 13.1. The van der Waals surface area contributed by atoms with E-state index in [0.29, 0.717) is 24.3 Å². The van der Waals surface area contributed by atoms with E-state index in [9.17, 15) is 19.2 Å². The summed E-state index contributed by atoms with van der Waals surface area (Å²) in [6, 6.07) is 5.61. The number of amidine groups is 1. The van der Waals surface area contributed by atoms with Crippen LogP contribution in [0.3, 0.4) is 0 Å². The summed E-state index contributed by atoms with van der Waals surface area (Å²) >= 11 is 0. The summed E-state index contributed by atoms with van der Waals surface area (Å²) in [7, 11) is 0. The predicted molar refractivity (Wildman–Crippen MR) is 143 cm³/mol. The largest absolute Gasteiger partial charge is 0.465 e. The van der Waals surface area contributed by atoms with Crippen LogP contribution in [-0.4, -0.2) is 110 Å². The third kappa shape index (κ3) is 8.65. The number of amides is 3. The van der Waals surface area contributed by atoms with E-state index < -0.39 is 18.1 Å². The van der Waals surface area contributed by atoms with E-state index >= 15 is 0 Å². The fourth-order valence-corrected chi connectivity index (χ4v) is 4.33. The molecule has 2 saturated heterocycles. The molecule has 3 amide bonds. The van der Waals surface area contributed by atoms with Gasteiger partial charge in [-0.2, -0.15) is 0 Å². The second-order valence-electron chi connectivity index (χ2n) is 9.65. The smallest absolute Gasteiger partial charge is 0.414 e. The van der Waals surface area contributed by atoms with E-state index in [1.165, 1.54) is 4.90 Å². The van der Waals surface area contributed by atoms with Gasteiger partial charge in [0.25, 0.3) is 0 Å². The maximum atomic E-state index is 12.5. The number of benzene rings is 1. The van der Waals surface area contributed by atoms with Gasteiger partial charge in [0, 0.05) is 44.0 Å². The van der Waals surface area contributed by atoms with Crippen LogP contribution in [0.1, 0.15) is 33.3 Å². The Morgan fingerprint density at radius 2 is 1.77 bits per heavy atom. The Morgan fingerprint density at radius 3 is 2.38 bits per heavy atom. The van der Waals surface area contributed by atoms with Crippen molar-refractivity contribution in [3.8, 4) is 0 Å². The van der Waals surface area contributed by atoms with Crippen LogP contribution in [0.5, 0.6) is 0 Å². The molecule has 13 heteroatoms. The van der Waals surface area contributed by atoms with Gasteiger partial charge in [0.2, 0.25) is 0 Å². The predicted octanol–water partition coefficient (Wildman–Crippen LogP) is 1.16. The first-order valence-electron chi connectivity index (χ1n) is 13.1. The van der Waals surface area contributed by atoms with E-state index in [4.69, 9.17) is 19.6 Å². The summed E-state index contributed by atoms with van der Waals surface area (Å²) in [6.45, 7) is 11.1. The number of hydrogen-bond donors (Lipinski definition) is 3. The Morgan fingerprint density at radius 1 is 1.10 bits per heavy atom. The summed E-state index contributed by atoms with van der Waals surface area (Å²) in [4.78, 5) is 53.9. The molecule has 1 aromatic carbocycles. The number of carbonyl (C=O) groups is 4. The Kier molecular flexibility index (Phi) is 10.6. The quantitative estimate of drug-likeness (QED) is 0.170. The lowest BCUT2D eigenvalue weighted by Crippen LogP contribution is -2.53. The molecule has 2 aliphatic rings. The lowest BCUT2D eigenvalue weighted by Gasteiger charge is -2.37. The zero-order chi connectivity index (χ0) is 28.5. The first kappa shape index (κ1) is 29.8. The van der Waals surface area contributed by atoms with Crippen molar-refractivity contribution in [2.45, 2.75) is 45.9 Å². The van der Waals surface area contributed by atoms with Crippen molar-refractivity contribution >= 4 is 35.6 Å². The molecular weight excluding hydrogens is 508 g/mol. The molecule has 2 heterocycles. The number of urea groups is 1. The van der Waals surface area contributed by atoms with Gasteiger partial charge in [0.05, 0.1) is 19.3 Å². The van der Waals surface area contributed by atoms with E-state index in [1.54, 1.807) is 31.2 Å². The van der Waals surface area contributed by atoms with Crippen molar-refractivity contribution in [3.05, 3.63) is 29.8 Å². The van der Waals surface area contributed by atoms with Crippen LogP contribution in [0.15, 0.2) is 24.3 Å². The average molecular weight is 547 g/mol. The average Bonchev–Trinajstić information content (AvgIpc) is 3.27. The van der Waals surface area contributed by atoms with Crippen LogP contribution in [0.4, 0.5) is 15.3 Å². The Labute approximate surface area is 228 Å². The van der Waals surface area contributed by atoms with Gasteiger partial charge in [-0.05, 0) is 52.0 Å². The minimum Gasteiger partial charge on any atom is -0.465 e. The van der Waals surface area contributed by atoms with Crippen molar-refractivity contribution in [1.82, 2.24) is 20.4 Å². The molecule has 0 aromatic heterocycles. The molecule has 0 aliphatic carbocycles. The third-order valence-electron chi connectivity index (χ3n) is 6.39. The topological polar surface area (TPSA) is 154 Å². The standard InChI is InChI=1S/C26H38N6O7/c1-5-37-22(33)14-28-25(35)29-23(27)19-6-8-20(9-7-19)32-16-21(39-26(32)36)15-30-10-12-31(13-11-30)18(4)24(34)38-17(2)3/h6-9,17-18,21H,5,10-16H2,1-4H3,(H3,27,28,29,35). The van der Waals surface area contributed by atoms with Gasteiger partial charge >= 0.3 is 24.1 Å². The van der Waals surface area contributed by atoms with Gasteiger partial charge < -0.3 is 19.5 Å². The van der Waals surface area contributed by atoms with Crippen LogP contribution in [-0.2, 0) is 23.8 Å². The third-order valence-corrected chi connectivity index (χ3v) is 6.39. The Hall–Kier alpha value is -3.71. The van der Waals surface area contributed by atoms with E-state index in [0.717, 1.165) is 26.2 Å². The molecule has 0 radical (unpaired) electrons. The number of rotatable bonds is 10. The molecule has 2 unspecified atom stereocenters. The fraction of sp³-hybridized carbons (Fsp3) is 0.577. The Bertz CT molecular complexity index is 1040. The van der Waals surface area contributed by atoms with Crippen molar-refractivity contribution in [1.29, 1.82) is 5.41 Å². The molecule has 0 spiro atoms. The van der Waals surface area contributed by atoms with Crippen molar-refractivity contribution < 1.29 is 33.4 Å². The minimum absolute atomic E-state index is 0.142. The molecule has 2 atom stereocenters. The zero-order valence-corrected chi connectivity index (χ0v) is 22.9. The Balaban J connectivity index is 1.45. The number of esters is 2. The number of hydrogen-bond acceptors (Lipinski definition) is 10. The van der Waals surface area contributed by atoms with Gasteiger partial charge in [-0.3, -0.25) is 35.0 Å².